The lowest BCUT2D eigenvalue weighted by atomic mass is 10.1. The van der Waals surface area contributed by atoms with Crippen molar-refractivity contribution in [3.8, 4) is 0 Å². The number of amides is 1. The fourth-order valence-electron chi connectivity index (χ4n) is 2.24. The molecule has 20 heavy (non-hydrogen) atoms. The summed E-state index contributed by atoms with van der Waals surface area (Å²) in [6.45, 7) is 0.415. The minimum absolute atomic E-state index is 0.218. The zero-order valence-electron chi connectivity index (χ0n) is 10.2. The van der Waals surface area contributed by atoms with Crippen LogP contribution < -0.4 is 4.90 Å². The molecule has 0 saturated heterocycles. The molecule has 3 nitrogen and oxygen atoms in total. The number of rotatable bonds is 3. The number of carbonyl (C=O) groups is 2. The minimum atomic E-state index is -0.585. The van der Waals surface area contributed by atoms with Gasteiger partial charge in [0.15, 0.2) is 0 Å². The second-order valence-electron chi connectivity index (χ2n) is 4.37. The fraction of sp³-hybridized carbons (Fsp3) is 0.143. The van der Waals surface area contributed by atoms with Gasteiger partial charge >= 0.3 is 0 Å². The number of thiophene rings is 1. The van der Waals surface area contributed by atoms with Crippen molar-refractivity contribution in [3.63, 3.8) is 0 Å². The van der Waals surface area contributed by atoms with Gasteiger partial charge in [0.1, 0.15) is 0 Å². The third-order valence-corrected chi connectivity index (χ3v) is 4.73. The highest BCUT2D eigenvalue weighted by atomic mass is 35.5. The molecule has 1 aliphatic heterocycles. The number of carbonyl (C=O) groups excluding carboxylic acids is 2. The van der Waals surface area contributed by atoms with E-state index >= 15 is 0 Å². The van der Waals surface area contributed by atoms with E-state index in [1.54, 1.807) is 17.4 Å². The first-order chi connectivity index (χ1) is 9.59. The first kappa shape index (κ1) is 13.6. The Morgan fingerprint density at radius 1 is 1.10 bits per heavy atom. The van der Waals surface area contributed by atoms with E-state index in [1.807, 2.05) is 17.5 Å². The number of fused-ring (bicyclic) bond motifs is 1. The molecule has 102 valence electrons. The molecule has 3 rings (SSSR count). The zero-order chi connectivity index (χ0) is 14.3. The Hall–Kier alpha value is -1.36. The van der Waals surface area contributed by atoms with Gasteiger partial charge in [-0.2, -0.15) is 0 Å². The molecule has 0 N–H and O–H groups in total. The van der Waals surface area contributed by atoms with Crippen LogP contribution in [0.4, 0.5) is 5.69 Å². The number of nitrogens with zero attached hydrogens (tertiary/aromatic N) is 1. The number of anilines is 1. The van der Waals surface area contributed by atoms with Crippen LogP contribution in [0.25, 0.3) is 0 Å². The summed E-state index contributed by atoms with van der Waals surface area (Å²) >= 11 is 13.8. The molecule has 2 heterocycles. The van der Waals surface area contributed by atoms with Gasteiger partial charge in [0, 0.05) is 11.4 Å². The summed E-state index contributed by atoms with van der Waals surface area (Å²) in [5.74, 6) is -1.15. The lowest BCUT2D eigenvalue weighted by Crippen LogP contribution is -2.31. The quantitative estimate of drug-likeness (QED) is 0.804. The maximum Gasteiger partial charge on any atom is 0.299 e. The molecule has 0 unspecified atom stereocenters. The van der Waals surface area contributed by atoms with Gasteiger partial charge < -0.3 is 4.90 Å². The van der Waals surface area contributed by atoms with Crippen LogP contribution in [0.2, 0.25) is 10.0 Å². The van der Waals surface area contributed by atoms with E-state index in [1.165, 1.54) is 11.0 Å². The molecule has 1 aliphatic rings. The molecule has 1 aromatic heterocycles. The summed E-state index contributed by atoms with van der Waals surface area (Å²) in [7, 11) is 0. The molecular formula is C14H9Cl2NO2S. The summed E-state index contributed by atoms with van der Waals surface area (Å²) in [4.78, 5) is 26.7. The van der Waals surface area contributed by atoms with Crippen molar-refractivity contribution in [1.29, 1.82) is 0 Å². The summed E-state index contributed by atoms with van der Waals surface area (Å²) < 4.78 is 0. The number of hydrogen-bond donors (Lipinski definition) is 0. The standard InChI is InChI=1S/C14H9Cl2NO2S/c15-9-3-4-10(16)12-11(9)13(18)14(19)17(12)6-5-8-2-1-7-20-8/h1-4,7H,5-6H2. The predicted molar refractivity (Wildman–Crippen MR) is 81.2 cm³/mol. The molecule has 0 bridgehead atoms. The summed E-state index contributed by atoms with van der Waals surface area (Å²) in [6.07, 6.45) is 0.680. The van der Waals surface area contributed by atoms with Crippen LogP contribution >= 0.6 is 34.5 Å². The molecule has 0 saturated carbocycles. The number of hydrogen-bond acceptors (Lipinski definition) is 3. The topological polar surface area (TPSA) is 37.4 Å². The monoisotopic (exact) mass is 325 g/mol. The summed E-state index contributed by atoms with van der Waals surface area (Å²) in [5, 5.41) is 2.61. The van der Waals surface area contributed by atoms with Gasteiger partial charge in [0.2, 0.25) is 0 Å². The number of Topliss-reactive ketones (excluding diaryl/α,β-unsaturated/α-hetero) is 1. The van der Waals surface area contributed by atoms with Crippen LogP contribution in [0.3, 0.4) is 0 Å². The van der Waals surface area contributed by atoms with E-state index in [4.69, 9.17) is 23.2 Å². The second-order valence-corrected chi connectivity index (χ2v) is 6.21. The van der Waals surface area contributed by atoms with Crippen molar-refractivity contribution >= 4 is 51.9 Å². The third kappa shape index (κ3) is 2.14. The van der Waals surface area contributed by atoms with Crippen molar-refractivity contribution in [2.24, 2.45) is 0 Å². The molecule has 0 spiro atoms. The maximum absolute atomic E-state index is 12.1. The van der Waals surface area contributed by atoms with Gasteiger partial charge in [-0.25, -0.2) is 0 Å². The average molecular weight is 326 g/mol. The summed E-state index contributed by atoms with van der Waals surface area (Å²) in [6, 6.07) is 7.09. The Morgan fingerprint density at radius 2 is 1.85 bits per heavy atom. The minimum Gasteiger partial charge on any atom is -0.303 e. The Kier molecular flexibility index (Phi) is 3.54. The van der Waals surface area contributed by atoms with Crippen LogP contribution in [0.1, 0.15) is 15.2 Å². The van der Waals surface area contributed by atoms with E-state index in [-0.39, 0.29) is 10.6 Å². The third-order valence-electron chi connectivity index (χ3n) is 3.18. The summed E-state index contributed by atoms with van der Waals surface area (Å²) in [5.41, 5.74) is 0.654. The molecule has 6 heteroatoms. The van der Waals surface area contributed by atoms with Gasteiger partial charge in [0.05, 0.1) is 21.3 Å². The van der Waals surface area contributed by atoms with E-state index in [0.717, 1.165) is 4.88 Å². The largest absolute Gasteiger partial charge is 0.303 e. The Labute approximate surface area is 129 Å². The van der Waals surface area contributed by atoms with E-state index in [0.29, 0.717) is 23.7 Å². The van der Waals surface area contributed by atoms with Crippen molar-refractivity contribution in [1.82, 2.24) is 0 Å². The van der Waals surface area contributed by atoms with Crippen LogP contribution in [0.15, 0.2) is 29.6 Å². The molecular weight excluding hydrogens is 317 g/mol. The van der Waals surface area contributed by atoms with Crippen molar-refractivity contribution in [2.75, 3.05) is 11.4 Å². The van der Waals surface area contributed by atoms with Crippen LogP contribution in [-0.4, -0.2) is 18.2 Å². The van der Waals surface area contributed by atoms with Crippen molar-refractivity contribution in [2.45, 2.75) is 6.42 Å². The van der Waals surface area contributed by atoms with E-state index in [9.17, 15) is 9.59 Å². The molecule has 0 fully saturated rings. The molecule has 2 aromatic rings. The molecule has 1 amide bonds. The van der Waals surface area contributed by atoms with E-state index < -0.39 is 11.7 Å². The SMILES string of the molecule is O=C1C(=O)N(CCc2cccs2)c2c(Cl)ccc(Cl)c21. The smallest absolute Gasteiger partial charge is 0.299 e. The van der Waals surface area contributed by atoms with Gasteiger partial charge in [-0.15, -0.1) is 11.3 Å². The van der Waals surface area contributed by atoms with E-state index in [2.05, 4.69) is 0 Å². The first-order valence-electron chi connectivity index (χ1n) is 5.96. The Balaban J connectivity index is 1.96. The van der Waals surface area contributed by atoms with Crippen LogP contribution in [0.5, 0.6) is 0 Å². The van der Waals surface area contributed by atoms with Gasteiger partial charge in [-0.1, -0.05) is 29.3 Å². The normalized spacial score (nSPS) is 14.0. The average Bonchev–Trinajstić information content (AvgIpc) is 3.02. The van der Waals surface area contributed by atoms with Crippen molar-refractivity contribution < 1.29 is 9.59 Å². The highest BCUT2D eigenvalue weighted by Gasteiger charge is 2.38. The number of ketones is 1. The molecule has 0 aliphatic carbocycles. The fourth-order valence-corrected chi connectivity index (χ4v) is 3.44. The molecule has 0 radical (unpaired) electrons. The van der Waals surface area contributed by atoms with Crippen LogP contribution in [-0.2, 0) is 11.2 Å². The highest BCUT2D eigenvalue weighted by molar-refractivity contribution is 7.09. The Bertz CT molecular complexity index is 697. The molecule has 1 aromatic carbocycles. The lowest BCUT2D eigenvalue weighted by Gasteiger charge is -2.17. The molecule has 0 atom stereocenters. The highest BCUT2D eigenvalue weighted by Crippen LogP contribution is 2.39. The van der Waals surface area contributed by atoms with Crippen molar-refractivity contribution in [3.05, 3.63) is 50.1 Å². The second kappa shape index (κ2) is 5.20. The Morgan fingerprint density at radius 3 is 2.55 bits per heavy atom. The van der Waals surface area contributed by atoms with Crippen LogP contribution in [0, 0.1) is 0 Å². The number of halogens is 2. The van der Waals surface area contributed by atoms with Gasteiger partial charge in [-0.05, 0) is 30.0 Å². The lowest BCUT2D eigenvalue weighted by molar-refractivity contribution is -0.114. The predicted octanol–water partition coefficient (Wildman–Crippen LogP) is 3.83. The van der Waals surface area contributed by atoms with Gasteiger partial charge in [0.25, 0.3) is 11.7 Å². The maximum atomic E-state index is 12.1. The first-order valence-corrected chi connectivity index (χ1v) is 7.59. The zero-order valence-corrected chi connectivity index (χ0v) is 12.6. The van der Waals surface area contributed by atoms with Gasteiger partial charge in [-0.3, -0.25) is 9.59 Å². The number of benzene rings is 1.